The van der Waals surface area contributed by atoms with Crippen LogP contribution < -0.4 is 10.1 Å². The SMILES string of the molecule is O=C(C[C@@H]1CCN2C[C@@H]1C=CCOc1ccccc1CN(C(=O)c1ccccc1)CC2=O)NCCN1CCCC1. The van der Waals surface area contributed by atoms with Crippen molar-refractivity contribution in [3.05, 3.63) is 77.9 Å². The van der Waals surface area contributed by atoms with Gasteiger partial charge in [-0.15, -0.1) is 0 Å². The van der Waals surface area contributed by atoms with Gasteiger partial charge < -0.3 is 24.8 Å². The van der Waals surface area contributed by atoms with Gasteiger partial charge in [0.25, 0.3) is 5.91 Å². The number of piperidine rings is 1. The van der Waals surface area contributed by atoms with Crippen molar-refractivity contribution in [1.29, 1.82) is 0 Å². The van der Waals surface area contributed by atoms with Gasteiger partial charge in [0.15, 0.2) is 0 Å². The molecule has 0 unspecified atom stereocenters. The molecule has 3 heterocycles. The van der Waals surface area contributed by atoms with Crippen molar-refractivity contribution in [2.75, 3.05) is 52.4 Å². The topological polar surface area (TPSA) is 82.2 Å². The third-order valence-corrected chi connectivity index (χ3v) is 8.24. The Balaban J connectivity index is 1.29. The van der Waals surface area contributed by atoms with Crippen LogP contribution in [0.2, 0.25) is 0 Å². The van der Waals surface area contributed by atoms with Gasteiger partial charge in [0, 0.05) is 43.7 Å². The van der Waals surface area contributed by atoms with Gasteiger partial charge in [-0.1, -0.05) is 48.6 Å². The predicted octanol–water partition coefficient (Wildman–Crippen LogP) is 3.34. The molecule has 40 heavy (non-hydrogen) atoms. The zero-order chi connectivity index (χ0) is 27.7. The second kappa shape index (κ2) is 13.6. The Morgan fingerprint density at radius 3 is 2.55 bits per heavy atom. The summed E-state index contributed by atoms with van der Waals surface area (Å²) in [5.74, 6) is 0.695. The molecule has 2 saturated heterocycles. The number of carbonyl (C=O) groups excluding carboxylic acids is 3. The highest BCUT2D eigenvalue weighted by atomic mass is 16.5. The number of fused-ring (bicyclic) bond motifs is 3. The number of hydrogen-bond acceptors (Lipinski definition) is 5. The molecule has 2 bridgehead atoms. The van der Waals surface area contributed by atoms with Crippen LogP contribution in [0.15, 0.2) is 66.7 Å². The van der Waals surface area contributed by atoms with E-state index in [1.165, 1.54) is 12.8 Å². The molecule has 0 spiro atoms. The first-order valence-corrected chi connectivity index (χ1v) is 14.6. The Morgan fingerprint density at radius 2 is 1.73 bits per heavy atom. The van der Waals surface area contributed by atoms with Crippen LogP contribution in [0.3, 0.4) is 0 Å². The number of likely N-dealkylation sites (tertiary alicyclic amines) is 1. The summed E-state index contributed by atoms with van der Waals surface area (Å²) in [5.41, 5.74) is 1.40. The fourth-order valence-corrected chi connectivity index (χ4v) is 5.97. The van der Waals surface area contributed by atoms with Crippen molar-refractivity contribution in [1.82, 2.24) is 20.0 Å². The Hall–Kier alpha value is -3.65. The molecule has 0 saturated carbocycles. The molecule has 5 rings (SSSR count). The van der Waals surface area contributed by atoms with Crippen LogP contribution in [0.25, 0.3) is 0 Å². The van der Waals surface area contributed by atoms with E-state index in [1.54, 1.807) is 17.0 Å². The van der Waals surface area contributed by atoms with Crippen LogP contribution in [0.1, 0.15) is 41.6 Å². The molecule has 0 aliphatic carbocycles. The van der Waals surface area contributed by atoms with Crippen molar-refractivity contribution in [2.45, 2.75) is 32.2 Å². The Labute approximate surface area is 237 Å². The first-order valence-electron chi connectivity index (χ1n) is 14.6. The molecule has 0 aromatic heterocycles. The van der Waals surface area contributed by atoms with E-state index in [1.807, 2.05) is 53.4 Å². The summed E-state index contributed by atoms with van der Waals surface area (Å²) in [6, 6.07) is 16.7. The molecule has 2 aromatic rings. The normalized spacial score (nSPS) is 21.9. The molecule has 212 valence electrons. The van der Waals surface area contributed by atoms with E-state index >= 15 is 0 Å². The summed E-state index contributed by atoms with van der Waals surface area (Å²) >= 11 is 0. The van der Waals surface area contributed by atoms with Crippen LogP contribution in [-0.4, -0.2) is 84.8 Å². The molecule has 8 nitrogen and oxygen atoms in total. The van der Waals surface area contributed by atoms with E-state index in [9.17, 15) is 14.4 Å². The number of para-hydroxylation sites is 1. The van der Waals surface area contributed by atoms with E-state index in [-0.39, 0.29) is 42.6 Å². The molecule has 1 N–H and O–H groups in total. The molecule has 0 radical (unpaired) electrons. The summed E-state index contributed by atoms with van der Waals surface area (Å²) in [6.45, 7) is 5.57. The molecule has 3 aliphatic rings. The van der Waals surface area contributed by atoms with E-state index in [0.717, 1.165) is 31.6 Å². The van der Waals surface area contributed by atoms with Crippen molar-refractivity contribution >= 4 is 17.7 Å². The number of ether oxygens (including phenoxy) is 1. The predicted molar refractivity (Wildman–Crippen MR) is 154 cm³/mol. The standard InChI is InChI=1S/C32H40N4O4/c37-30(33-15-19-34-16-6-7-17-34)21-26-14-18-35-22-27(26)12-8-20-40-29-13-5-4-11-28(29)23-36(24-31(35)38)32(39)25-9-2-1-3-10-25/h1-5,8-13,26-27H,6-7,14-24H2,(H,33,37)/t26-,27-/m0/s1. The minimum atomic E-state index is -0.186. The van der Waals surface area contributed by atoms with E-state index in [0.29, 0.717) is 44.0 Å². The lowest BCUT2D eigenvalue weighted by Gasteiger charge is -2.38. The lowest BCUT2D eigenvalue weighted by molar-refractivity contribution is -0.134. The lowest BCUT2D eigenvalue weighted by atomic mass is 9.82. The summed E-state index contributed by atoms with van der Waals surface area (Å²) in [7, 11) is 0. The molecule has 3 amide bonds. The average Bonchev–Trinajstić information content (AvgIpc) is 3.49. The maximum atomic E-state index is 13.6. The number of benzene rings is 2. The van der Waals surface area contributed by atoms with Gasteiger partial charge in [0.1, 0.15) is 18.9 Å². The maximum Gasteiger partial charge on any atom is 0.254 e. The molecular formula is C32H40N4O4. The third kappa shape index (κ3) is 7.30. The highest BCUT2D eigenvalue weighted by Crippen LogP contribution is 2.29. The quantitative estimate of drug-likeness (QED) is 0.565. The Bertz CT molecular complexity index is 1190. The lowest BCUT2D eigenvalue weighted by Crippen LogP contribution is -2.48. The van der Waals surface area contributed by atoms with Gasteiger partial charge >= 0.3 is 0 Å². The van der Waals surface area contributed by atoms with Gasteiger partial charge in [-0.05, 0) is 62.4 Å². The fourth-order valence-electron chi connectivity index (χ4n) is 5.97. The maximum absolute atomic E-state index is 13.6. The molecule has 2 aromatic carbocycles. The van der Waals surface area contributed by atoms with Gasteiger partial charge in [-0.3, -0.25) is 14.4 Å². The van der Waals surface area contributed by atoms with Crippen LogP contribution in [-0.2, 0) is 16.1 Å². The number of rotatable bonds is 6. The largest absolute Gasteiger partial charge is 0.489 e. The molecule has 3 aliphatic heterocycles. The molecule has 2 fully saturated rings. The fraction of sp³-hybridized carbons (Fsp3) is 0.469. The van der Waals surface area contributed by atoms with Gasteiger partial charge in [-0.2, -0.15) is 0 Å². The monoisotopic (exact) mass is 544 g/mol. The first-order chi connectivity index (χ1) is 19.6. The van der Waals surface area contributed by atoms with Crippen LogP contribution in [0, 0.1) is 11.8 Å². The van der Waals surface area contributed by atoms with Crippen LogP contribution >= 0.6 is 0 Å². The number of hydrogen-bond donors (Lipinski definition) is 1. The second-order valence-electron chi connectivity index (χ2n) is 11.0. The first kappa shape index (κ1) is 27.9. The zero-order valence-corrected chi connectivity index (χ0v) is 23.2. The summed E-state index contributed by atoms with van der Waals surface area (Å²) in [5, 5.41) is 3.11. The zero-order valence-electron chi connectivity index (χ0n) is 23.2. The summed E-state index contributed by atoms with van der Waals surface area (Å²) < 4.78 is 6.11. The average molecular weight is 545 g/mol. The minimum Gasteiger partial charge on any atom is -0.489 e. The molecular weight excluding hydrogens is 504 g/mol. The van der Waals surface area contributed by atoms with E-state index in [2.05, 4.69) is 16.3 Å². The van der Waals surface area contributed by atoms with Crippen molar-refractivity contribution < 1.29 is 19.1 Å². The minimum absolute atomic E-state index is 0.0137. The van der Waals surface area contributed by atoms with Crippen molar-refractivity contribution in [2.24, 2.45) is 11.8 Å². The Morgan fingerprint density at radius 1 is 0.950 bits per heavy atom. The number of nitrogens with zero attached hydrogens (tertiary/aromatic N) is 3. The van der Waals surface area contributed by atoms with E-state index in [4.69, 9.17) is 4.74 Å². The van der Waals surface area contributed by atoms with Gasteiger partial charge in [0.2, 0.25) is 11.8 Å². The molecule has 8 heteroatoms. The van der Waals surface area contributed by atoms with E-state index < -0.39 is 0 Å². The number of amides is 3. The highest BCUT2D eigenvalue weighted by Gasteiger charge is 2.33. The van der Waals surface area contributed by atoms with Crippen LogP contribution in [0.5, 0.6) is 5.75 Å². The smallest absolute Gasteiger partial charge is 0.254 e. The number of nitrogens with one attached hydrogen (secondary N) is 1. The number of carbonyl (C=O) groups is 3. The van der Waals surface area contributed by atoms with Gasteiger partial charge in [-0.25, -0.2) is 0 Å². The molecule has 2 atom stereocenters. The van der Waals surface area contributed by atoms with Gasteiger partial charge in [0.05, 0.1) is 6.54 Å². The summed E-state index contributed by atoms with van der Waals surface area (Å²) in [6.07, 6.45) is 7.78. The third-order valence-electron chi connectivity index (χ3n) is 8.24. The van der Waals surface area contributed by atoms with Crippen LogP contribution in [0.4, 0.5) is 0 Å². The Kier molecular flexibility index (Phi) is 9.50. The highest BCUT2D eigenvalue weighted by molar-refractivity contribution is 5.96. The second-order valence-corrected chi connectivity index (χ2v) is 11.0. The van der Waals surface area contributed by atoms with Crippen molar-refractivity contribution in [3.63, 3.8) is 0 Å². The summed E-state index contributed by atoms with van der Waals surface area (Å²) in [4.78, 5) is 45.8. The van der Waals surface area contributed by atoms with Crippen molar-refractivity contribution in [3.8, 4) is 5.75 Å².